The van der Waals surface area contributed by atoms with Gasteiger partial charge in [0.2, 0.25) is 5.71 Å². The van der Waals surface area contributed by atoms with Crippen molar-refractivity contribution in [3.63, 3.8) is 0 Å². The molecule has 0 N–H and O–H groups in total. The van der Waals surface area contributed by atoms with E-state index in [2.05, 4.69) is 82.9 Å². The van der Waals surface area contributed by atoms with Crippen molar-refractivity contribution in [2.45, 2.75) is 26.9 Å². The highest BCUT2D eigenvalue weighted by Gasteiger charge is 2.46. The van der Waals surface area contributed by atoms with Crippen LogP contribution in [0, 0.1) is 6.92 Å². The zero-order valence-electron chi connectivity index (χ0n) is 18.6. The van der Waals surface area contributed by atoms with Gasteiger partial charge in [-0.1, -0.05) is 23.7 Å². The summed E-state index contributed by atoms with van der Waals surface area (Å²) >= 11 is 0. The van der Waals surface area contributed by atoms with E-state index >= 15 is 0 Å². The molecular formula is C25H24BN5O. The lowest BCUT2D eigenvalue weighted by Crippen LogP contribution is -2.58. The molecule has 0 saturated heterocycles. The van der Waals surface area contributed by atoms with Gasteiger partial charge in [-0.2, -0.15) is 0 Å². The van der Waals surface area contributed by atoms with Crippen molar-refractivity contribution in [2.75, 3.05) is 21.6 Å². The molecule has 4 aromatic rings. The molecule has 6 rings (SSSR count). The number of allylic oxidation sites excluding steroid dienone is 1. The van der Waals surface area contributed by atoms with E-state index < -0.39 is 0 Å². The Hall–Kier alpha value is -3.74. The van der Waals surface area contributed by atoms with Crippen LogP contribution in [0.5, 0.6) is 0 Å². The molecule has 0 unspecified atom stereocenters. The normalized spacial score (nSPS) is 17.6. The first-order valence-corrected chi connectivity index (χ1v) is 10.9. The fourth-order valence-electron chi connectivity index (χ4n) is 5.19. The molecule has 0 bridgehead atoms. The number of benzene rings is 1. The van der Waals surface area contributed by atoms with Crippen molar-refractivity contribution in [1.29, 1.82) is 0 Å². The predicted molar refractivity (Wildman–Crippen MR) is 131 cm³/mol. The Bertz CT molecular complexity index is 1370. The zero-order chi connectivity index (χ0) is 22.0. The minimum Gasteiger partial charge on any atom is -0.436 e. The van der Waals surface area contributed by atoms with Gasteiger partial charge in [0.25, 0.3) is 0 Å². The molecule has 7 heteroatoms. The van der Waals surface area contributed by atoms with Gasteiger partial charge in [-0.15, -0.1) is 0 Å². The van der Waals surface area contributed by atoms with Crippen LogP contribution in [0.4, 0.5) is 22.9 Å². The predicted octanol–water partition coefficient (Wildman–Crippen LogP) is 5.42. The van der Waals surface area contributed by atoms with Gasteiger partial charge in [0.15, 0.2) is 11.6 Å². The summed E-state index contributed by atoms with van der Waals surface area (Å²) in [6.07, 6.45) is 4.11. The zero-order valence-corrected chi connectivity index (χ0v) is 18.6. The first kappa shape index (κ1) is 19.0. The molecule has 0 aliphatic carbocycles. The van der Waals surface area contributed by atoms with Crippen LogP contribution in [0.25, 0.3) is 17.2 Å². The van der Waals surface area contributed by atoms with Gasteiger partial charge in [-0.25, -0.2) is 9.97 Å². The average Bonchev–Trinajstić information content (AvgIpc) is 3.28. The van der Waals surface area contributed by atoms with Crippen molar-refractivity contribution < 1.29 is 4.42 Å². The van der Waals surface area contributed by atoms with Crippen LogP contribution in [0.2, 0.25) is 0 Å². The Kier molecular flexibility index (Phi) is 4.09. The fourth-order valence-corrected chi connectivity index (χ4v) is 5.19. The van der Waals surface area contributed by atoms with E-state index in [4.69, 9.17) is 9.40 Å². The van der Waals surface area contributed by atoms with E-state index in [0.717, 1.165) is 39.7 Å². The molecule has 0 fully saturated rings. The first-order chi connectivity index (χ1) is 15.5. The summed E-state index contributed by atoms with van der Waals surface area (Å²) in [5, 5.41) is 1.04. The Balaban J connectivity index is 1.49. The van der Waals surface area contributed by atoms with E-state index in [-0.39, 0.29) is 13.1 Å². The van der Waals surface area contributed by atoms with Crippen molar-refractivity contribution in [1.82, 2.24) is 9.97 Å². The Morgan fingerprint density at radius 1 is 1.00 bits per heavy atom. The largest absolute Gasteiger partial charge is 0.436 e. The molecule has 0 spiro atoms. The quantitative estimate of drug-likeness (QED) is 0.403. The topological polar surface area (TPSA) is 48.6 Å². The van der Waals surface area contributed by atoms with Crippen LogP contribution in [0.3, 0.4) is 0 Å². The molecule has 1 atom stereocenters. The SMILES string of the molecule is CC1=Cc2oc3nc(C)ccc3c2N(C)B1N1c2cccnc2N(c2ccccc2)[C@@H]1C. The van der Waals surface area contributed by atoms with Gasteiger partial charge in [0.1, 0.15) is 0 Å². The average molecular weight is 421 g/mol. The molecule has 2 aliphatic rings. The molecule has 32 heavy (non-hydrogen) atoms. The molecule has 2 aliphatic heterocycles. The number of pyridine rings is 2. The van der Waals surface area contributed by atoms with Crippen LogP contribution in [0.1, 0.15) is 25.3 Å². The highest BCUT2D eigenvalue weighted by Crippen LogP contribution is 2.46. The number of furan rings is 1. The number of anilines is 4. The van der Waals surface area contributed by atoms with Gasteiger partial charge >= 0.3 is 6.98 Å². The lowest BCUT2D eigenvalue weighted by atomic mass is 9.61. The van der Waals surface area contributed by atoms with E-state index in [1.165, 1.54) is 5.47 Å². The number of aryl methyl sites for hydroxylation is 1. The molecule has 0 radical (unpaired) electrons. The summed E-state index contributed by atoms with van der Waals surface area (Å²) < 4.78 is 6.14. The van der Waals surface area contributed by atoms with Gasteiger partial charge in [-0.05, 0) is 70.3 Å². The summed E-state index contributed by atoms with van der Waals surface area (Å²) in [7, 11) is 2.14. The second-order valence-corrected chi connectivity index (χ2v) is 8.58. The number of rotatable bonds is 2. The number of aromatic nitrogens is 2. The number of fused-ring (bicyclic) bond motifs is 4. The summed E-state index contributed by atoms with van der Waals surface area (Å²) in [4.78, 5) is 16.5. The van der Waals surface area contributed by atoms with Crippen LogP contribution in [-0.4, -0.2) is 30.2 Å². The number of nitrogens with zero attached hydrogens (tertiary/aromatic N) is 5. The highest BCUT2D eigenvalue weighted by molar-refractivity contribution is 6.76. The Morgan fingerprint density at radius 2 is 1.81 bits per heavy atom. The number of hydrogen-bond donors (Lipinski definition) is 0. The van der Waals surface area contributed by atoms with E-state index in [9.17, 15) is 0 Å². The number of para-hydroxylation sites is 1. The third kappa shape index (κ3) is 2.60. The Morgan fingerprint density at radius 3 is 2.62 bits per heavy atom. The summed E-state index contributed by atoms with van der Waals surface area (Å²) in [6.45, 7) is 6.42. The van der Waals surface area contributed by atoms with Crippen molar-refractivity contribution in [2.24, 2.45) is 0 Å². The monoisotopic (exact) mass is 421 g/mol. The molecular weight excluding hydrogens is 397 g/mol. The van der Waals surface area contributed by atoms with Crippen LogP contribution in [-0.2, 0) is 0 Å². The lowest BCUT2D eigenvalue weighted by Gasteiger charge is -2.40. The van der Waals surface area contributed by atoms with E-state index in [0.29, 0.717) is 5.71 Å². The van der Waals surface area contributed by atoms with Crippen molar-refractivity contribution in [3.05, 3.63) is 77.7 Å². The molecule has 0 saturated carbocycles. The molecule has 5 heterocycles. The maximum Gasteiger partial charge on any atom is 0.408 e. The van der Waals surface area contributed by atoms with Gasteiger partial charge in [0.05, 0.1) is 22.9 Å². The molecule has 0 amide bonds. The van der Waals surface area contributed by atoms with Crippen LogP contribution >= 0.6 is 0 Å². The molecule has 6 nitrogen and oxygen atoms in total. The standard InChI is InChI=1S/C25H24BN5O/c1-16-15-22-23(20-13-12-17(2)28-25(20)32-22)29(4)26(16)31-18(3)30(19-9-6-5-7-10-19)24-21(31)11-8-14-27-24/h5-15,18H,1-4H3/t18-/m0/s1. The maximum atomic E-state index is 6.14. The van der Waals surface area contributed by atoms with Gasteiger partial charge < -0.3 is 18.9 Å². The summed E-state index contributed by atoms with van der Waals surface area (Å²) in [6, 6.07) is 18.8. The molecule has 3 aromatic heterocycles. The van der Waals surface area contributed by atoms with Crippen molar-refractivity contribution in [3.8, 4) is 0 Å². The Labute approximate surface area is 187 Å². The van der Waals surface area contributed by atoms with E-state index in [1.807, 2.05) is 31.3 Å². The minimum atomic E-state index is 0.0243. The first-order valence-electron chi connectivity index (χ1n) is 10.9. The third-order valence-electron chi connectivity index (χ3n) is 6.53. The van der Waals surface area contributed by atoms with Crippen molar-refractivity contribution >= 4 is 47.0 Å². The van der Waals surface area contributed by atoms with Crippen LogP contribution in [0.15, 0.2) is 70.7 Å². The van der Waals surface area contributed by atoms with Gasteiger partial charge in [-0.3, -0.25) is 0 Å². The summed E-state index contributed by atoms with van der Waals surface area (Å²) in [5.74, 6) is 1.85. The third-order valence-corrected chi connectivity index (χ3v) is 6.53. The van der Waals surface area contributed by atoms with E-state index in [1.54, 1.807) is 0 Å². The second kappa shape index (κ2) is 6.89. The smallest absolute Gasteiger partial charge is 0.408 e. The maximum absolute atomic E-state index is 6.14. The number of hydrogen-bond acceptors (Lipinski definition) is 6. The minimum absolute atomic E-state index is 0.0243. The van der Waals surface area contributed by atoms with Crippen LogP contribution < -0.4 is 14.5 Å². The molecule has 158 valence electrons. The second-order valence-electron chi connectivity index (χ2n) is 8.58. The molecule has 1 aromatic carbocycles. The fraction of sp³-hybridized carbons (Fsp3) is 0.200. The van der Waals surface area contributed by atoms with Gasteiger partial charge in [0, 0.05) is 17.6 Å². The highest BCUT2D eigenvalue weighted by atomic mass is 16.3. The summed E-state index contributed by atoms with van der Waals surface area (Å²) in [5.41, 5.74) is 6.20. The lowest BCUT2D eigenvalue weighted by molar-refractivity contribution is 0.590.